The fraction of sp³-hybridized carbons (Fsp3) is 0.417. The normalized spacial score (nSPS) is 14.9. The number of carbonyl (C=O) groups is 2. The van der Waals surface area contributed by atoms with Crippen molar-refractivity contribution in [3.8, 4) is 0 Å². The Morgan fingerprint density at radius 2 is 1.67 bits per heavy atom. The Balaban J connectivity index is 1.66. The molecule has 160 valence electrons. The van der Waals surface area contributed by atoms with Gasteiger partial charge in [-0.3, -0.25) is 14.5 Å². The van der Waals surface area contributed by atoms with Gasteiger partial charge in [0.25, 0.3) is 0 Å². The molecular weight excluding hydrogens is 376 g/mol. The third-order valence-electron chi connectivity index (χ3n) is 5.89. The number of benzene rings is 2. The van der Waals surface area contributed by atoms with Crippen LogP contribution in [-0.2, 0) is 9.59 Å². The zero-order valence-electron chi connectivity index (χ0n) is 18.4. The Labute approximate surface area is 179 Å². The third-order valence-corrected chi connectivity index (χ3v) is 5.89. The SMILES string of the molecule is Cc1cccc(NC(=O)C(=O)NC[C@H](c2ccc(N(C)C)cc2)N2CCCC2)c1C. The van der Waals surface area contributed by atoms with Crippen LogP contribution in [0.3, 0.4) is 0 Å². The zero-order chi connectivity index (χ0) is 21.7. The molecule has 6 heteroatoms. The molecule has 0 spiro atoms. The second-order valence-electron chi connectivity index (χ2n) is 8.16. The number of nitrogens with one attached hydrogen (secondary N) is 2. The fourth-order valence-electron chi connectivity index (χ4n) is 3.84. The summed E-state index contributed by atoms with van der Waals surface area (Å²) in [5.74, 6) is -1.24. The Bertz CT molecular complexity index is 887. The van der Waals surface area contributed by atoms with Gasteiger partial charge in [0.05, 0.1) is 6.04 Å². The molecule has 6 nitrogen and oxygen atoms in total. The molecule has 0 aromatic heterocycles. The summed E-state index contributed by atoms with van der Waals surface area (Å²) in [5.41, 5.74) is 5.00. The van der Waals surface area contributed by atoms with Crippen LogP contribution in [0.2, 0.25) is 0 Å². The van der Waals surface area contributed by atoms with E-state index in [-0.39, 0.29) is 6.04 Å². The monoisotopic (exact) mass is 408 g/mol. The van der Waals surface area contributed by atoms with Crippen LogP contribution >= 0.6 is 0 Å². The zero-order valence-corrected chi connectivity index (χ0v) is 18.4. The van der Waals surface area contributed by atoms with Crippen LogP contribution < -0.4 is 15.5 Å². The number of anilines is 2. The van der Waals surface area contributed by atoms with Gasteiger partial charge in [0.2, 0.25) is 0 Å². The van der Waals surface area contributed by atoms with Crippen molar-refractivity contribution < 1.29 is 9.59 Å². The molecule has 0 aliphatic carbocycles. The summed E-state index contributed by atoms with van der Waals surface area (Å²) in [7, 11) is 4.03. The molecule has 2 amide bonds. The van der Waals surface area contributed by atoms with Gasteiger partial charge in [0, 0.05) is 32.0 Å². The van der Waals surface area contributed by atoms with E-state index in [4.69, 9.17) is 0 Å². The molecule has 1 heterocycles. The standard InChI is InChI=1S/C24H32N4O2/c1-17-8-7-9-21(18(17)2)26-24(30)23(29)25-16-22(28-14-5-6-15-28)19-10-12-20(13-11-19)27(3)4/h7-13,22H,5-6,14-16H2,1-4H3,(H,25,29)(H,26,30)/t22-/m1/s1. The largest absolute Gasteiger partial charge is 0.378 e. The van der Waals surface area contributed by atoms with Gasteiger partial charge in [-0.15, -0.1) is 0 Å². The molecule has 2 N–H and O–H groups in total. The molecule has 1 aliphatic heterocycles. The fourth-order valence-corrected chi connectivity index (χ4v) is 3.84. The maximum absolute atomic E-state index is 12.5. The predicted molar refractivity (Wildman–Crippen MR) is 122 cm³/mol. The van der Waals surface area contributed by atoms with Crippen LogP contribution in [0.4, 0.5) is 11.4 Å². The molecule has 0 bridgehead atoms. The summed E-state index contributed by atoms with van der Waals surface area (Å²) in [6, 6.07) is 14.1. The lowest BCUT2D eigenvalue weighted by Crippen LogP contribution is -2.41. The minimum absolute atomic E-state index is 0.0566. The van der Waals surface area contributed by atoms with Crippen molar-refractivity contribution >= 4 is 23.2 Å². The Hall–Kier alpha value is -2.86. The second kappa shape index (κ2) is 9.76. The van der Waals surface area contributed by atoms with Crippen molar-refractivity contribution in [1.82, 2.24) is 10.2 Å². The lowest BCUT2D eigenvalue weighted by atomic mass is 10.0. The first-order valence-corrected chi connectivity index (χ1v) is 10.5. The van der Waals surface area contributed by atoms with Gasteiger partial charge in [-0.1, -0.05) is 24.3 Å². The van der Waals surface area contributed by atoms with E-state index in [1.54, 1.807) is 0 Å². The van der Waals surface area contributed by atoms with Crippen LogP contribution in [0.5, 0.6) is 0 Å². The first-order valence-electron chi connectivity index (χ1n) is 10.5. The van der Waals surface area contributed by atoms with Crippen molar-refractivity contribution in [1.29, 1.82) is 0 Å². The van der Waals surface area contributed by atoms with E-state index in [0.717, 1.165) is 48.3 Å². The van der Waals surface area contributed by atoms with Gasteiger partial charge in [0.1, 0.15) is 0 Å². The molecule has 3 rings (SSSR count). The number of rotatable bonds is 6. The van der Waals surface area contributed by atoms with Crippen LogP contribution in [0.25, 0.3) is 0 Å². The third kappa shape index (κ3) is 5.19. The molecule has 0 unspecified atom stereocenters. The highest BCUT2D eigenvalue weighted by Crippen LogP contribution is 2.26. The van der Waals surface area contributed by atoms with Crippen LogP contribution in [0.15, 0.2) is 42.5 Å². The first-order chi connectivity index (χ1) is 14.4. The minimum atomic E-state index is -0.633. The van der Waals surface area contributed by atoms with Gasteiger partial charge in [-0.05, 0) is 74.7 Å². The molecule has 0 radical (unpaired) electrons. The number of hydrogen-bond acceptors (Lipinski definition) is 4. The summed E-state index contributed by atoms with van der Waals surface area (Å²) in [5, 5.41) is 5.58. The van der Waals surface area contributed by atoms with Gasteiger partial charge in [0.15, 0.2) is 0 Å². The van der Waals surface area contributed by atoms with Crippen molar-refractivity contribution in [2.24, 2.45) is 0 Å². The van der Waals surface area contributed by atoms with Crippen LogP contribution in [0, 0.1) is 13.8 Å². The maximum Gasteiger partial charge on any atom is 0.313 e. The molecule has 1 atom stereocenters. The van der Waals surface area contributed by atoms with E-state index in [1.165, 1.54) is 0 Å². The number of carbonyl (C=O) groups excluding carboxylic acids is 2. The lowest BCUT2D eigenvalue weighted by Gasteiger charge is -2.28. The summed E-state index contributed by atoms with van der Waals surface area (Å²) in [6.07, 6.45) is 2.32. The summed E-state index contributed by atoms with van der Waals surface area (Å²) in [6.45, 7) is 6.33. The van der Waals surface area contributed by atoms with Crippen molar-refractivity contribution in [2.75, 3.05) is 43.9 Å². The van der Waals surface area contributed by atoms with Crippen molar-refractivity contribution in [2.45, 2.75) is 32.7 Å². The van der Waals surface area contributed by atoms with Gasteiger partial charge < -0.3 is 15.5 Å². The molecule has 30 heavy (non-hydrogen) atoms. The number of likely N-dealkylation sites (tertiary alicyclic amines) is 1. The van der Waals surface area contributed by atoms with E-state index in [1.807, 2.05) is 46.1 Å². The van der Waals surface area contributed by atoms with Gasteiger partial charge in [-0.2, -0.15) is 0 Å². The predicted octanol–water partition coefficient (Wildman–Crippen LogP) is 3.26. The van der Waals surface area contributed by atoms with E-state index in [9.17, 15) is 9.59 Å². The Morgan fingerprint density at radius 3 is 2.30 bits per heavy atom. The van der Waals surface area contributed by atoms with Crippen LogP contribution in [-0.4, -0.2) is 50.4 Å². The van der Waals surface area contributed by atoms with E-state index < -0.39 is 11.8 Å². The number of nitrogens with zero attached hydrogens (tertiary/aromatic N) is 2. The van der Waals surface area contributed by atoms with Crippen LogP contribution in [0.1, 0.15) is 35.6 Å². The highest BCUT2D eigenvalue weighted by molar-refractivity contribution is 6.39. The molecule has 1 aliphatic rings. The molecule has 2 aromatic rings. The maximum atomic E-state index is 12.5. The smallest absolute Gasteiger partial charge is 0.313 e. The lowest BCUT2D eigenvalue weighted by molar-refractivity contribution is -0.136. The quantitative estimate of drug-likeness (QED) is 0.720. The number of hydrogen-bond donors (Lipinski definition) is 2. The van der Waals surface area contributed by atoms with Crippen molar-refractivity contribution in [3.05, 3.63) is 59.2 Å². The summed E-state index contributed by atoms with van der Waals surface area (Å²) in [4.78, 5) is 29.4. The Kier molecular flexibility index (Phi) is 7.11. The van der Waals surface area contributed by atoms with E-state index >= 15 is 0 Å². The highest BCUT2D eigenvalue weighted by atomic mass is 16.2. The molecule has 2 aromatic carbocycles. The first kappa shape index (κ1) is 21.8. The molecule has 0 saturated carbocycles. The highest BCUT2D eigenvalue weighted by Gasteiger charge is 2.25. The number of aryl methyl sites for hydroxylation is 1. The van der Waals surface area contributed by atoms with Crippen molar-refractivity contribution in [3.63, 3.8) is 0 Å². The van der Waals surface area contributed by atoms with Gasteiger partial charge >= 0.3 is 11.8 Å². The average Bonchev–Trinajstić information content (AvgIpc) is 3.26. The topological polar surface area (TPSA) is 64.7 Å². The number of amides is 2. The van der Waals surface area contributed by atoms with E-state index in [0.29, 0.717) is 12.2 Å². The molecule has 1 saturated heterocycles. The van der Waals surface area contributed by atoms with E-state index in [2.05, 4.69) is 44.7 Å². The Morgan fingerprint density at radius 1 is 1.00 bits per heavy atom. The molecule has 1 fully saturated rings. The average molecular weight is 409 g/mol. The minimum Gasteiger partial charge on any atom is -0.378 e. The second-order valence-corrected chi connectivity index (χ2v) is 8.16. The molecular formula is C24H32N4O2. The summed E-state index contributed by atoms with van der Waals surface area (Å²) < 4.78 is 0. The van der Waals surface area contributed by atoms with Gasteiger partial charge in [-0.25, -0.2) is 0 Å². The summed E-state index contributed by atoms with van der Waals surface area (Å²) >= 11 is 0.